The third-order valence-electron chi connectivity index (χ3n) is 20.9. The number of halogens is 1. The minimum absolute atomic E-state index is 0.00278. The number of carboxylic acid groups (broad SMARTS) is 2. The Morgan fingerprint density at radius 3 is 1.35 bits per heavy atom. The fraction of sp³-hybridized carbons (Fsp3) is 0.677. The summed E-state index contributed by atoms with van der Waals surface area (Å²) in [6, 6.07) is 0.366. The zero-order valence-corrected chi connectivity index (χ0v) is 57.5. The molecule has 3 aliphatic heterocycles. The highest BCUT2D eigenvalue weighted by Gasteiger charge is 2.43. The van der Waals surface area contributed by atoms with E-state index in [9.17, 15) is 62.3 Å². The fourth-order valence-electron chi connectivity index (χ4n) is 15.7. The predicted molar refractivity (Wildman–Crippen MR) is 359 cm³/mol. The maximum atomic E-state index is 12.4. The molecular formula is C65H94IN13O15. The molecule has 6 bridgehead atoms. The van der Waals surface area contributed by atoms with Crippen LogP contribution in [-0.4, -0.2) is 137 Å². The van der Waals surface area contributed by atoms with E-state index in [1.807, 2.05) is 21.1 Å². The third kappa shape index (κ3) is 17.2. The topological polar surface area (TPSA) is 375 Å². The number of aromatic amines is 2. The lowest BCUT2D eigenvalue weighted by Crippen LogP contribution is -2.53. The van der Waals surface area contributed by atoms with Gasteiger partial charge >= 0.3 is 34.7 Å². The van der Waals surface area contributed by atoms with Crippen molar-refractivity contribution in [2.45, 2.75) is 214 Å². The van der Waals surface area contributed by atoms with Gasteiger partial charge in [-0.25, -0.2) is 19.2 Å². The number of piperidine rings is 3. The van der Waals surface area contributed by atoms with Crippen LogP contribution in [0.4, 0.5) is 0 Å². The van der Waals surface area contributed by atoms with Gasteiger partial charge in [-0.2, -0.15) is 0 Å². The van der Waals surface area contributed by atoms with Crippen LogP contribution in [0.1, 0.15) is 175 Å². The highest BCUT2D eigenvalue weighted by molar-refractivity contribution is 14.1. The normalized spacial score (nSPS) is 29.2. The molecule has 8 aliphatic rings. The summed E-state index contributed by atoms with van der Waals surface area (Å²) in [6.07, 6.45) is 22.5. The second-order valence-corrected chi connectivity index (χ2v) is 29.0. The number of aliphatic carboxylic acids is 2. The van der Waals surface area contributed by atoms with Crippen LogP contribution in [-0.2, 0) is 38.1 Å². The van der Waals surface area contributed by atoms with E-state index in [0.29, 0.717) is 75.7 Å². The van der Waals surface area contributed by atoms with Gasteiger partial charge in [0, 0.05) is 128 Å². The molecule has 12 rings (SSSR count). The van der Waals surface area contributed by atoms with Crippen LogP contribution in [0.3, 0.4) is 0 Å². The smallest absolute Gasteiger partial charge is 0.331 e. The van der Waals surface area contributed by atoms with E-state index in [0.717, 1.165) is 79.8 Å². The number of H-pyrrole nitrogens is 2. The van der Waals surface area contributed by atoms with Crippen LogP contribution in [0, 0.1) is 57.3 Å². The lowest BCUT2D eigenvalue weighted by molar-refractivity contribution is -0.140. The van der Waals surface area contributed by atoms with Crippen LogP contribution in [0.15, 0.2) is 63.1 Å². The molecule has 3 saturated heterocycles. The molecule has 0 radical (unpaired) electrons. The van der Waals surface area contributed by atoms with Gasteiger partial charge in [-0.1, -0.05) is 22.6 Å². The molecule has 5 saturated carbocycles. The molecule has 7 heterocycles. The summed E-state index contributed by atoms with van der Waals surface area (Å²) in [5.74, 6) is 0.752. The van der Waals surface area contributed by atoms with Gasteiger partial charge in [0.25, 0.3) is 22.2 Å². The summed E-state index contributed by atoms with van der Waals surface area (Å²) in [5, 5.41) is 30.2. The average molecular weight is 1420 g/mol. The van der Waals surface area contributed by atoms with Crippen LogP contribution < -0.4 is 66.3 Å². The van der Waals surface area contributed by atoms with Crippen molar-refractivity contribution >= 4 is 52.3 Å². The summed E-state index contributed by atoms with van der Waals surface area (Å²) >= 11 is 2.46. The molecular weight excluding hydrogens is 1330 g/mol. The zero-order chi connectivity index (χ0) is 68.7. The Morgan fingerprint density at radius 2 is 0.872 bits per heavy atom. The molecule has 15 atom stereocenters. The summed E-state index contributed by atoms with van der Waals surface area (Å²) in [7, 11) is 8.45. The van der Waals surface area contributed by atoms with Crippen molar-refractivity contribution in [3.63, 3.8) is 0 Å². The number of alkyl halides is 1. The van der Waals surface area contributed by atoms with E-state index in [-0.39, 0.29) is 130 Å². The molecule has 0 spiro atoms. The number of carbonyl (C=O) groups excluding carboxylic acids is 3. The number of nitrogens with zero attached hydrogens (tertiary/aromatic N) is 7. The summed E-state index contributed by atoms with van der Waals surface area (Å²) in [5.41, 5.74) is -0.543. The van der Waals surface area contributed by atoms with Crippen molar-refractivity contribution in [3.8, 4) is 0 Å². The molecule has 3 amide bonds. The Hall–Kier alpha value is -7.28. The lowest BCUT2D eigenvalue weighted by atomic mass is 9.76. The average Bonchev–Trinajstić information content (AvgIpc) is 0.787. The van der Waals surface area contributed by atoms with Gasteiger partial charge in [0.05, 0.1) is 30.2 Å². The molecule has 5 aliphatic carbocycles. The summed E-state index contributed by atoms with van der Waals surface area (Å²) in [4.78, 5) is 158. The lowest BCUT2D eigenvalue weighted by Gasteiger charge is -2.46. The number of rotatable bonds is 10. The number of likely N-dealkylation sites (tertiary alicyclic amines) is 1. The van der Waals surface area contributed by atoms with Crippen molar-refractivity contribution in [1.82, 2.24) is 63.5 Å². The maximum Gasteiger partial charge on any atom is 0.331 e. The molecule has 29 heteroatoms. The molecule has 4 aromatic rings. The Bertz CT molecular complexity index is 3960. The Morgan fingerprint density at radius 1 is 0.479 bits per heavy atom. The molecule has 8 N–H and O–H groups in total. The number of carboxylic acids is 2. The number of amides is 3. The van der Waals surface area contributed by atoms with Gasteiger partial charge in [0.15, 0.2) is 0 Å². The fourth-order valence-corrected chi connectivity index (χ4v) is 16.5. The van der Waals surface area contributed by atoms with Gasteiger partial charge in [-0.15, -0.1) is 0 Å². The molecule has 4 aromatic heterocycles. The highest BCUT2D eigenvalue weighted by atomic mass is 127. The van der Waals surface area contributed by atoms with E-state index in [1.54, 1.807) is 75.7 Å². The number of aromatic nitrogens is 8. The van der Waals surface area contributed by atoms with Crippen molar-refractivity contribution in [3.05, 3.63) is 130 Å². The number of hydrogen-bond acceptors (Lipinski definition) is 15. The third-order valence-corrected chi connectivity index (χ3v) is 22.4. The monoisotopic (exact) mass is 1420 g/mol. The molecule has 8 fully saturated rings. The molecule has 516 valence electrons. The van der Waals surface area contributed by atoms with E-state index < -0.39 is 17.6 Å². The molecule has 0 aromatic carbocycles. The minimum atomic E-state index is -0.787. The van der Waals surface area contributed by atoms with E-state index in [2.05, 4.69) is 53.8 Å². The first-order chi connectivity index (χ1) is 44.5. The summed E-state index contributed by atoms with van der Waals surface area (Å²) < 4.78 is 9.38. The number of likely N-dealkylation sites (N-methyl/N-ethyl adjacent to an activating group) is 3. The number of carbonyl (C=O) groups is 5. The Labute approximate surface area is 556 Å². The minimum Gasteiger partial charge on any atom is -0.481 e. The SMILES string of the molecule is CN[C@H]1C[C@H](CC(=O)O)CC[C@H]1n1cc(C)c(=O)[nH]c1=O.CN[C@H]1C[C@H](CC(=O)O)CC[C@H]1n1cc(C)c(=O)n(C)c1=O.Cc1cn([C@@H]2CC[C@H]3CC(=O)N(C)[C@H]2C3)c(=O)n(C)c1=O.Cc1cn([C@@H]2CC[C@H]3CC(=O)N[C@H]2C3)c(=O)[nH]c1=O.O=C1C[C@@H]2CC[C@@H](I)[C@H](C2)N1. The van der Waals surface area contributed by atoms with E-state index >= 15 is 0 Å². The number of hydrogen-bond donors (Lipinski definition) is 8. The van der Waals surface area contributed by atoms with Crippen molar-refractivity contribution in [2.24, 2.45) is 43.7 Å². The maximum absolute atomic E-state index is 12.4. The Kier molecular flexibility index (Phi) is 24.3. The number of fused-ring (bicyclic) bond motifs is 6. The number of aryl methyl sites for hydroxylation is 4. The quantitative estimate of drug-likeness (QED) is 0.0835. The Balaban J connectivity index is 0.000000153. The summed E-state index contributed by atoms with van der Waals surface area (Å²) in [6.45, 7) is 6.77. The van der Waals surface area contributed by atoms with Crippen LogP contribution >= 0.6 is 22.6 Å². The largest absolute Gasteiger partial charge is 0.481 e. The van der Waals surface area contributed by atoms with Gasteiger partial charge in [-0.05, 0) is 168 Å². The second-order valence-electron chi connectivity index (χ2n) is 27.4. The highest BCUT2D eigenvalue weighted by Crippen LogP contribution is 2.41. The van der Waals surface area contributed by atoms with E-state index in [4.69, 9.17) is 10.2 Å². The van der Waals surface area contributed by atoms with Gasteiger partial charge in [-0.3, -0.25) is 80.5 Å². The first-order valence-electron chi connectivity index (χ1n) is 32.9. The van der Waals surface area contributed by atoms with Crippen molar-refractivity contribution in [2.75, 3.05) is 21.1 Å². The van der Waals surface area contributed by atoms with Gasteiger partial charge in [0.2, 0.25) is 17.7 Å². The first-order valence-corrected chi connectivity index (χ1v) is 34.2. The molecule has 28 nitrogen and oxygen atoms in total. The van der Waals surface area contributed by atoms with Crippen molar-refractivity contribution < 1.29 is 34.2 Å². The van der Waals surface area contributed by atoms with Crippen LogP contribution in [0.5, 0.6) is 0 Å². The zero-order valence-electron chi connectivity index (χ0n) is 55.3. The van der Waals surface area contributed by atoms with Gasteiger partial charge in [0.1, 0.15) is 0 Å². The predicted octanol–water partition coefficient (Wildman–Crippen LogP) is 2.49. The number of nitrogens with one attached hydrogen (secondary N) is 6. The van der Waals surface area contributed by atoms with Crippen molar-refractivity contribution in [1.29, 1.82) is 0 Å². The van der Waals surface area contributed by atoms with Gasteiger partial charge < -0.3 is 36.4 Å². The molecule has 0 unspecified atom stereocenters. The molecule has 94 heavy (non-hydrogen) atoms. The van der Waals surface area contributed by atoms with Crippen LogP contribution in [0.25, 0.3) is 0 Å². The van der Waals surface area contributed by atoms with Crippen LogP contribution in [0.2, 0.25) is 0 Å². The standard InChI is InChI=1S/C15H23N3O4.C15H21N3O3.C14H21N3O4.C13H17N3O3.C8H12INO/c1-9-8-18(15(22)17(3)14(9)21)12-5-4-10(7-13(19)20)6-11(12)16-2;1-9-8-18(15(21)17(3)14(9)20)11-5-4-10-6-12(11)16(2)13(19)7-10;1-8-7-17(14(21)16-13(8)20)11-4-3-9(6-12(18)19)5-10(11)15-2;1-7-6-16(13(19)15-12(7)18)10-3-2-8-4-9(10)14-11(17)5-8;9-6-2-1-5-3-7(6)10-8(11)4-5/h8,10-12,16H,4-7H2,1-3H3,(H,19,20);8,10-12H,4-7H2,1-3H3;7,9-11,15H,3-6H2,1-2H3,(H,18,19)(H,16,20,21);6,8-10H,2-5H2,1H3,(H,14,17)(H,15,18,19);5-7H,1-4H2,(H,10,11)/t10-,11+,12-;10-,11-,12+;9-,10+,11-;8-,9+,10-;5-,6-,7+/m11111/s1. The second kappa shape index (κ2) is 31.5. The van der Waals surface area contributed by atoms with E-state index in [1.165, 1.54) is 33.4 Å². The first kappa shape index (κ1) is 72.5.